The Morgan fingerprint density at radius 2 is 1.23 bits per heavy atom. The van der Waals surface area contributed by atoms with Gasteiger partial charge in [-0.1, -0.05) is 0 Å². The van der Waals surface area contributed by atoms with Gasteiger partial charge in [0.1, 0.15) is 0 Å². The molecule has 0 aliphatic carbocycles. The number of nitrogens with zero attached hydrogens (tertiary/aromatic N) is 2. The molecule has 0 N–H and O–H groups in total. The third kappa shape index (κ3) is 5.12. The van der Waals surface area contributed by atoms with Gasteiger partial charge in [0.15, 0.2) is 10.1 Å². The van der Waals surface area contributed by atoms with Crippen molar-refractivity contribution in [2.75, 3.05) is 0 Å². The van der Waals surface area contributed by atoms with E-state index in [1.165, 1.54) is 6.07 Å². The van der Waals surface area contributed by atoms with E-state index in [2.05, 4.69) is 0 Å². The number of nitro groups is 2. The van der Waals surface area contributed by atoms with Gasteiger partial charge in [-0.15, -0.1) is 0 Å². The van der Waals surface area contributed by atoms with Crippen LogP contribution in [0.1, 0.15) is 0 Å². The minimum atomic E-state index is -6.09. The number of rotatable bonds is 2. The quantitative estimate of drug-likeness (QED) is 0.119. The van der Waals surface area contributed by atoms with Crippen LogP contribution in [0, 0.1) is 20.2 Å². The number of nitro benzene ring substituents is 2. The molecule has 0 fully saturated rings. The fourth-order valence-corrected chi connectivity index (χ4v) is 6.53. The molecule has 1 atom stereocenters. The molecule has 1 heterocycles. The van der Waals surface area contributed by atoms with Crippen LogP contribution in [-0.4, -0.2) is 41.8 Å². The van der Waals surface area contributed by atoms with E-state index < -0.39 is 49.7 Å². The van der Waals surface area contributed by atoms with Crippen molar-refractivity contribution in [3.05, 3.63) is 56.6 Å². The molecule has 0 saturated heterocycles. The Morgan fingerprint density at radius 3 is 1.65 bits per heavy atom. The molecule has 2 aromatic carbocycles. The summed E-state index contributed by atoms with van der Waals surface area (Å²) in [6.07, 6.45) is 0. The minimum absolute atomic E-state index is 0.0152. The zero-order valence-electron chi connectivity index (χ0n) is 14.3. The van der Waals surface area contributed by atoms with Crippen LogP contribution >= 0.6 is 0 Å². The van der Waals surface area contributed by atoms with Gasteiger partial charge >= 0.3 is 134 Å². The molecule has 31 heavy (non-hydrogen) atoms. The van der Waals surface area contributed by atoms with Gasteiger partial charge in [0, 0.05) is 0 Å². The van der Waals surface area contributed by atoms with Crippen LogP contribution in [0.15, 0.2) is 36.4 Å². The summed E-state index contributed by atoms with van der Waals surface area (Å²) < 4.78 is 99.1. The predicted molar refractivity (Wildman–Crippen MR) is 93.4 cm³/mol. The molecule has 0 radical (unpaired) electrons. The summed E-state index contributed by atoms with van der Waals surface area (Å²) in [7, 11) is -6.09. The number of hydrogen-bond acceptors (Lipinski definition) is 7. The van der Waals surface area contributed by atoms with Crippen LogP contribution in [0.2, 0.25) is 0 Å². The standard InChI is InChI=1S/C13H6F3N2O4Se.CHF3O3S/c14-13(15,16)23-11-4-2-7(17(19)20)5-10(11)9-3-1-8(18(21)22)6-12(9)23;2-1(3,4)8(5,6)7/h1-6H;(H,5,6,7)/q+1;/p-1. The summed E-state index contributed by atoms with van der Waals surface area (Å²) in [6, 6.07) is 6.49. The monoisotopic (exact) mass is 540 g/mol. The number of fused-ring (bicyclic) bond motifs is 3. The molecule has 0 bridgehead atoms. The molecule has 0 saturated carbocycles. The molecule has 17 heteroatoms. The summed E-state index contributed by atoms with van der Waals surface area (Å²) in [5, 5.41) is 17.4. The van der Waals surface area contributed by atoms with E-state index in [4.69, 9.17) is 13.0 Å². The number of alkyl halides is 6. The van der Waals surface area contributed by atoms with Gasteiger partial charge in [-0.2, -0.15) is 13.2 Å². The van der Waals surface area contributed by atoms with Gasteiger partial charge < -0.3 is 4.55 Å². The van der Waals surface area contributed by atoms with Crippen LogP contribution in [0.25, 0.3) is 19.3 Å². The van der Waals surface area contributed by atoms with Crippen molar-refractivity contribution in [1.82, 2.24) is 0 Å². The second-order valence-corrected chi connectivity index (χ2v) is 11.0. The van der Waals surface area contributed by atoms with E-state index in [0.717, 1.165) is 30.3 Å². The maximum atomic E-state index is 13.5. The van der Waals surface area contributed by atoms with E-state index in [0.29, 0.717) is 0 Å². The number of hydrogen-bond donors (Lipinski definition) is 0. The summed E-state index contributed by atoms with van der Waals surface area (Å²) in [6.45, 7) is 0. The summed E-state index contributed by atoms with van der Waals surface area (Å²) in [4.78, 5) is 20.2. The first-order valence-corrected chi connectivity index (χ1v) is 11.3. The summed E-state index contributed by atoms with van der Waals surface area (Å²) in [5.41, 5.74) is -6.39. The molecule has 9 nitrogen and oxygen atoms in total. The third-order valence-electron chi connectivity index (χ3n) is 3.59. The van der Waals surface area contributed by atoms with Gasteiger partial charge in [-0.05, 0) is 0 Å². The fourth-order valence-electron chi connectivity index (χ4n) is 2.40. The van der Waals surface area contributed by atoms with E-state index in [-0.39, 0.29) is 25.0 Å². The summed E-state index contributed by atoms with van der Waals surface area (Å²) in [5.74, 6) is 0. The van der Waals surface area contributed by atoms with Gasteiger partial charge in [0.05, 0.1) is 0 Å². The second-order valence-electron chi connectivity index (χ2n) is 5.53. The van der Waals surface area contributed by atoms with Crippen molar-refractivity contribution < 1.29 is 49.2 Å². The van der Waals surface area contributed by atoms with Gasteiger partial charge in [-0.25, -0.2) is 8.42 Å². The van der Waals surface area contributed by atoms with E-state index in [9.17, 15) is 46.6 Å². The Balaban J connectivity index is 0.000000366. The van der Waals surface area contributed by atoms with Crippen LogP contribution in [0.5, 0.6) is 0 Å². The Kier molecular flexibility index (Phi) is 6.38. The second kappa shape index (κ2) is 8.07. The van der Waals surface area contributed by atoms with E-state index in [1.807, 2.05) is 0 Å². The van der Waals surface area contributed by atoms with Crippen molar-refractivity contribution in [2.45, 2.75) is 10.6 Å². The van der Waals surface area contributed by atoms with Crippen LogP contribution < -0.4 is 0 Å². The Bertz CT molecular complexity index is 1300. The first-order valence-electron chi connectivity index (χ1n) is 7.35. The molecular weight excluding hydrogens is 533 g/mol. The third-order valence-corrected chi connectivity index (χ3v) is 8.43. The predicted octanol–water partition coefficient (Wildman–Crippen LogP) is 4.08. The van der Waals surface area contributed by atoms with Crippen LogP contribution in [0.4, 0.5) is 37.7 Å². The molecule has 0 aliphatic heterocycles. The Labute approximate surface area is 171 Å². The molecule has 168 valence electrons. The molecule has 1 unspecified atom stereocenters. The fraction of sp³-hybridized carbons (Fsp3) is 0.143. The Morgan fingerprint density at radius 1 is 0.774 bits per heavy atom. The zero-order chi connectivity index (χ0) is 23.9. The summed E-state index contributed by atoms with van der Waals surface area (Å²) >= 11 is -3.55. The first-order chi connectivity index (χ1) is 13.9. The van der Waals surface area contributed by atoms with Gasteiger partial charge in [0.2, 0.25) is 0 Å². The number of benzene rings is 2. The molecule has 3 rings (SSSR count). The van der Waals surface area contributed by atoms with Gasteiger partial charge in [-0.3, -0.25) is 0 Å². The maximum absolute atomic E-state index is 13.5. The van der Waals surface area contributed by atoms with Crippen molar-refractivity contribution in [2.24, 2.45) is 0 Å². The van der Waals surface area contributed by atoms with Gasteiger partial charge in [0.25, 0.3) is 0 Å². The first kappa shape index (κ1) is 24.5. The molecular formula is C14H6F6N2O7SSe. The van der Waals surface area contributed by atoms with Crippen molar-refractivity contribution >= 4 is 54.2 Å². The van der Waals surface area contributed by atoms with Crippen molar-refractivity contribution in [1.29, 1.82) is 0 Å². The molecule has 3 aromatic rings. The zero-order valence-corrected chi connectivity index (χ0v) is 16.8. The van der Waals surface area contributed by atoms with Crippen molar-refractivity contribution in [3.8, 4) is 0 Å². The SMILES string of the molecule is O=S(=O)([O-])C(F)(F)F.O=[N+]([O-])c1ccc2c(c1)c1ccc([N+](=O)[O-])cc1[se+]2C(F)(F)F. The molecule has 1 aromatic heterocycles. The number of non-ortho nitro benzene ring substituents is 2. The molecule has 0 spiro atoms. The topological polar surface area (TPSA) is 143 Å². The number of halogens is 6. The van der Waals surface area contributed by atoms with Crippen molar-refractivity contribution in [3.63, 3.8) is 0 Å². The molecule has 0 amide bonds. The normalized spacial score (nSPS) is 13.1. The van der Waals surface area contributed by atoms with E-state index in [1.54, 1.807) is 0 Å². The Hall–Kier alpha value is -2.75. The van der Waals surface area contributed by atoms with Crippen LogP contribution in [0.3, 0.4) is 0 Å². The average molecular weight is 539 g/mol. The molecule has 0 aliphatic rings. The van der Waals surface area contributed by atoms with Crippen LogP contribution in [-0.2, 0) is 15.2 Å². The van der Waals surface area contributed by atoms with E-state index >= 15 is 0 Å². The average Bonchev–Trinajstić information content (AvgIpc) is 2.93.